The number of anilines is 1. The predicted octanol–water partition coefficient (Wildman–Crippen LogP) is 3.81. The molecule has 0 aromatic heterocycles. The van der Waals surface area contributed by atoms with Crippen molar-refractivity contribution in [2.24, 2.45) is 0 Å². The Bertz CT molecular complexity index is 843. The Kier molecular flexibility index (Phi) is 4.71. The molecule has 4 nitrogen and oxygen atoms in total. The van der Waals surface area contributed by atoms with Crippen molar-refractivity contribution in [1.29, 1.82) is 0 Å². The summed E-state index contributed by atoms with van der Waals surface area (Å²) in [7, 11) is 1.63. The minimum atomic E-state index is -0.0925. The molecule has 0 saturated heterocycles. The number of rotatable bonds is 5. The highest BCUT2D eigenvalue weighted by Crippen LogP contribution is 2.29. The number of hydrogen-bond acceptors (Lipinski definition) is 4. The topological polar surface area (TPSA) is 55.4 Å². The zero-order valence-corrected chi connectivity index (χ0v) is 14.3. The summed E-state index contributed by atoms with van der Waals surface area (Å²) < 4.78 is 5.35. The van der Waals surface area contributed by atoms with E-state index in [0.717, 1.165) is 27.5 Å². The SMILES string of the molecule is COc1cc(/C=C/C(=O)c2ccc3c(c2)CC(=O)N3)ccc1SC. The molecule has 0 unspecified atom stereocenters. The van der Waals surface area contributed by atoms with Gasteiger partial charge in [-0.25, -0.2) is 0 Å². The van der Waals surface area contributed by atoms with Gasteiger partial charge in [-0.2, -0.15) is 0 Å². The number of thioether (sulfide) groups is 1. The summed E-state index contributed by atoms with van der Waals surface area (Å²) in [6.45, 7) is 0. The maximum atomic E-state index is 12.3. The fourth-order valence-corrected chi connectivity index (χ4v) is 3.15. The van der Waals surface area contributed by atoms with E-state index in [1.165, 1.54) is 0 Å². The first kappa shape index (κ1) is 16.3. The Hall–Kier alpha value is -2.53. The van der Waals surface area contributed by atoms with Crippen molar-refractivity contribution in [3.63, 3.8) is 0 Å². The number of benzene rings is 2. The highest BCUT2D eigenvalue weighted by atomic mass is 32.2. The summed E-state index contributed by atoms with van der Waals surface area (Å²) in [5.41, 5.74) is 3.13. The lowest BCUT2D eigenvalue weighted by Crippen LogP contribution is -2.03. The second-order valence-electron chi connectivity index (χ2n) is 5.41. The van der Waals surface area contributed by atoms with Gasteiger partial charge in [-0.3, -0.25) is 9.59 Å². The third-order valence-corrected chi connectivity index (χ3v) is 4.63. The number of nitrogens with one attached hydrogen (secondary N) is 1. The molecule has 0 bridgehead atoms. The van der Waals surface area contributed by atoms with Crippen LogP contribution in [0.25, 0.3) is 6.08 Å². The fraction of sp³-hybridized carbons (Fsp3) is 0.158. The van der Waals surface area contributed by atoms with Gasteiger partial charge < -0.3 is 10.1 Å². The fourth-order valence-electron chi connectivity index (χ4n) is 2.61. The third-order valence-electron chi connectivity index (χ3n) is 3.85. The molecule has 2 aromatic rings. The van der Waals surface area contributed by atoms with Crippen LogP contribution in [0.4, 0.5) is 5.69 Å². The number of methoxy groups -OCH3 is 1. The quantitative estimate of drug-likeness (QED) is 0.511. The van der Waals surface area contributed by atoms with Crippen molar-refractivity contribution in [2.75, 3.05) is 18.7 Å². The minimum absolute atomic E-state index is 0.0360. The zero-order chi connectivity index (χ0) is 17.1. The van der Waals surface area contributed by atoms with E-state index in [9.17, 15) is 9.59 Å². The molecule has 1 amide bonds. The summed E-state index contributed by atoms with van der Waals surface area (Å²) in [5.74, 6) is 0.662. The van der Waals surface area contributed by atoms with Gasteiger partial charge in [0.25, 0.3) is 0 Å². The van der Waals surface area contributed by atoms with E-state index < -0.39 is 0 Å². The Morgan fingerprint density at radius 1 is 1.25 bits per heavy atom. The predicted molar refractivity (Wildman–Crippen MR) is 96.9 cm³/mol. The molecule has 0 spiro atoms. The molecule has 1 aliphatic heterocycles. The van der Waals surface area contributed by atoms with Gasteiger partial charge in [-0.05, 0) is 53.8 Å². The minimum Gasteiger partial charge on any atom is -0.496 e. The Balaban J connectivity index is 1.79. The third kappa shape index (κ3) is 3.36. The molecule has 0 fully saturated rings. The Morgan fingerprint density at radius 2 is 2.08 bits per heavy atom. The molecule has 1 N–H and O–H groups in total. The van der Waals surface area contributed by atoms with Crippen molar-refractivity contribution in [2.45, 2.75) is 11.3 Å². The molecule has 0 atom stereocenters. The molecule has 1 heterocycles. The molecule has 0 radical (unpaired) electrons. The molecular weight excluding hydrogens is 322 g/mol. The monoisotopic (exact) mass is 339 g/mol. The number of ketones is 1. The van der Waals surface area contributed by atoms with Crippen LogP contribution in [0.3, 0.4) is 0 Å². The molecule has 122 valence electrons. The first-order valence-corrected chi connectivity index (χ1v) is 8.70. The van der Waals surface area contributed by atoms with Crippen LogP contribution < -0.4 is 10.1 Å². The van der Waals surface area contributed by atoms with Gasteiger partial charge in [0, 0.05) is 16.1 Å². The van der Waals surface area contributed by atoms with Crippen LogP contribution in [0, 0.1) is 0 Å². The summed E-state index contributed by atoms with van der Waals surface area (Å²) in [6, 6.07) is 11.1. The standard InChI is InChI=1S/C19H17NO3S/c1-23-17-9-12(4-8-18(17)24-2)3-7-16(21)13-5-6-15-14(10-13)11-19(22)20-15/h3-10H,11H2,1-2H3,(H,20,22)/b7-3+. The van der Waals surface area contributed by atoms with Gasteiger partial charge in [-0.15, -0.1) is 11.8 Å². The number of amides is 1. The maximum Gasteiger partial charge on any atom is 0.228 e. The highest BCUT2D eigenvalue weighted by molar-refractivity contribution is 7.98. The normalized spacial score (nSPS) is 13.0. The van der Waals surface area contributed by atoms with E-state index in [-0.39, 0.29) is 11.7 Å². The van der Waals surface area contributed by atoms with Crippen LogP contribution in [0.1, 0.15) is 21.5 Å². The number of carbonyl (C=O) groups excluding carboxylic acids is 2. The molecule has 5 heteroatoms. The lowest BCUT2D eigenvalue weighted by molar-refractivity contribution is -0.115. The van der Waals surface area contributed by atoms with E-state index in [2.05, 4.69) is 5.32 Å². The zero-order valence-electron chi connectivity index (χ0n) is 13.5. The van der Waals surface area contributed by atoms with Crippen LogP contribution in [0.5, 0.6) is 5.75 Å². The van der Waals surface area contributed by atoms with Crippen molar-refractivity contribution >= 4 is 35.2 Å². The number of allylic oxidation sites excluding steroid dienone is 1. The van der Waals surface area contributed by atoms with Gasteiger partial charge in [-0.1, -0.05) is 12.1 Å². The molecule has 3 rings (SSSR count). The number of fused-ring (bicyclic) bond motifs is 1. The first-order valence-electron chi connectivity index (χ1n) is 7.48. The van der Waals surface area contributed by atoms with E-state index in [4.69, 9.17) is 4.74 Å². The van der Waals surface area contributed by atoms with Crippen LogP contribution >= 0.6 is 11.8 Å². The molecule has 0 aliphatic carbocycles. The average Bonchev–Trinajstić information content (AvgIpc) is 2.98. The molecule has 1 aliphatic rings. The van der Waals surface area contributed by atoms with Crippen LogP contribution in [0.2, 0.25) is 0 Å². The van der Waals surface area contributed by atoms with Crippen molar-refractivity contribution < 1.29 is 14.3 Å². The molecular formula is C19H17NO3S. The highest BCUT2D eigenvalue weighted by Gasteiger charge is 2.18. The smallest absolute Gasteiger partial charge is 0.228 e. The number of ether oxygens (including phenoxy) is 1. The molecule has 24 heavy (non-hydrogen) atoms. The van der Waals surface area contributed by atoms with E-state index in [1.54, 1.807) is 49.2 Å². The summed E-state index contributed by atoms with van der Waals surface area (Å²) in [4.78, 5) is 24.8. The van der Waals surface area contributed by atoms with Crippen LogP contribution in [-0.2, 0) is 11.2 Å². The maximum absolute atomic E-state index is 12.3. The summed E-state index contributed by atoms with van der Waals surface area (Å²) in [6.07, 6.45) is 5.63. The van der Waals surface area contributed by atoms with Gasteiger partial charge in [0.05, 0.1) is 13.5 Å². The number of carbonyl (C=O) groups is 2. The number of hydrogen-bond donors (Lipinski definition) is 1. The van der Waals surface area contributed by atoms with Crippen molar-refractivity contribution in [1.82, 2.24) is 0 Å². The average molecular weight is 339 g/mol. The second-order valence-corrected chi connectivity index (χ2v) is 6.26. The van der Waals surface area contributed by atoms with Crippen molar-refractivity contribution in [3.05, 3.63) is 59.2 Å². The van der Waals surface area contributed by atoms with E-state index in [0.29, 0.717) is 12.0 Å². The van der Waals surface area contributed by atoms with Gasteiger partial charge in [0.1, 0.15) is 5.75 Å². The lowest BCUT2D eigenvalue weighted by Gasteiger charge is -2.06. The molecule has 0 saturated carbocycles. The Morgan fingerprint density at radius 3 is 2.83 bits per heavy atom. The van der Waals surface area contributed by atoms with Gasteiger partial charge in [0.15, 0.2) is 5.78 Å². The van der Waals surface area contributed by atoms with E-state index in [1.807, 2.05) is 24.5 Å². The largest absolute Gasteiger partial charge is 0.496 e. The van der Waals surface area contributed by atoms with Crippen LogP contribution in [-0.4, -0.2) is 25.1 Å². The lowest BCUT2D eigenvalue weighted by atomic mass is 10.0. The molecule has 2 aromatic carbocycles. The summed E-state index contributed by atoms with van der Waals surface area (Å²) in [5, 5.41) is 2.76. The van der Waals surface area contributed by atoms with E-state index >= 15 is 0 Å². The first-order chi connectivity index (χ1) is 11.6. The Labute approximate surface area is 144 Å². The van der Waals surface area contributed by atoms with Crippen LogP contribution in [0.15, 0.2) is 47.4 Å². The van der Waals surface area contributed by atoms with Gasteiger partial charge in [0.2, 0.25) is 5.91 Å². The van der Waals surface area contributed by atoms with Crippen molar-refractivity contribution in [3.8, 4) is 5.75 Å². The van der Waals surface area contributed by atoms with Gasteiger partial charge >= 0.3 is 0 Å². The summed E-state index contributed by atoms with van der Waals surface area (Å²) >= 11 is 1.61. The second kappa shape index (κ2) is 6.93.